The van der Waals surface area contributed by atoms with Crippen molar-refractivity contribution in [1.82, 2.24) is 5.32 Å². The molecule has 1 rings (SSSR count). The molecular formula is C8H16N2O2. The van der Waals surface area contributed by atoms with E-state index in [1.165, 1.54) is 12.8 Å². The van der Waals surface area contributed by atoms with Gasteiger partial charge < -0.3 is 5.32 Å². The second kappa shape index (κ2) is 4.42. The molecule has 3 N–H and O–H groups in total. The van der Waals surface area contributed by atoms with Crippen molar-refractivity contribution < 1.29 is 9.63 Å². The first kappa shape index (κ1) is 9.48. The molecule has 0 spiro atoms. The molecular weight excluding hydrogens is 156 g/mol. The van der Waals surface area contributed by atoms with Crippen LogP contribution in [-0.4, -0.2) is 18.1 Å². The summed E-state index contributed by atoms with van der Waals surface area (Å²) in [6.07, 6.45) is 4.06. The third-order valence-corrected chi connectivity index (χ3v) is 2.27. The van der Waals surface area contributed by atoms with Gasteiger partial charge in [0.2, 0.25) is 0 Å². The van der Waals surface area contributed by atoms with Gasteiger partial charge in [-0.05, 0) is 19.8 Å². The van der Waals surface area contributed by atoms with E-state index < -0.39 is 6.10 Å². The second-order valence-electron chi connectivity index (χ2n) is 3.27. The van der Waals surface area contributed by atoms with Crippen LogP contribution in [0.5, 0.6) is 0 Å². The Morgan fingerprint density at radius 1 is 1.58 bits per heavy atom. The van der Waals surface area contributed by atoms with E-state index in [2.05, 4.69) is 10.2 Å². The zero-order valence-electron chi connectivity index (χ0n) is 7.38. The molecule has 12 heavy (non-hydrogen) atoms. The number of nitrogens with two attached hydrogens (primary N) is 1. The van der Waals surface area contributed by atoms with Crippen molar-refractivity contribution in [1.29, 1.82) is 0 Å². The van der Waals surface area contributed by atoms with Crippen molar-refractivity contribution in [3.8, 4) is 0 Å². The maximum absolute atomic E-state index is 11.2. The molecule has 4 nitrogen and oxygen atoms in total. The molecule has 1 aliphatic carbocycles. The minimum atomic E-state index is -0.536. The summed E-state index contributed by atoms with van der Waals surface area (Å²) in [4.78, 5) is 15.6. The summed E-state index contributed by atoms with van der Waals surface area (Å²) in [6, 6.07) is 0.343. The predicted octanol–water partition coefficient (Wildman–Crippen LogP) is 0.324. The molecule has 1 atom stereocenters. The molecule has 0 aromatic rings. The van der Waals surface area contributed by atoms with Gasteiger partial charge in [0, 0.05) is 6.04 Å². The van der Waals surface area contributed by atoms with E-state index in [1.807, 2.05) is 0 Å². The molecule has 1 unspecified atom stereocenters. The molecule has 0 aromatic carbocycles. The number of amides is 1. The van der Waals surface area contributed by atoms with E-state index in [0.29, 0.717) is 6.04 Å². The summed E-state index contributed by atoms with van der Waals surface area (Å²) < 4.78 is 0. The van der Waals surface area contributed by atoms with Crippen LogP contribution in [0.3, 0.4) is 0 Å². The largest absolute Gasteiger partial charge is 0.351 e. The van der Waals surface area contributed by atoms with Crippen LogP contribution in [0.4, 0.5) is 0 Å². The Balaban J connectivity index is 2.25. The number of hydrogen-bond acceptors (Lipinski definition) is 3. The lowest BCUT2D eigenvalue weighted by molar-refractivity contribution is -0.132. The molecule has 1 fully saturated rings. The topological polar surface area (TPSA) is 64.3 Å². The highest BCUT2D eigenvalue weighted by Crippen LogP contribution is 2.17. The van der Waals surface area contributed by atoms with Gasteiger partial charge in [0.1, 0.15) is 0 Å². The Labute approximate surface area is 72.4 Å². The molecule has 0 radical (unpaired) electrons. The summed E-state index contributed by atoms with van der Waals surface area (Å²) in [7, 11) is 0. The zero-order valence-corrected chi connectivity index (χ0v) is 7.38. The van der Waals surface area contributed by atoms with Crippen molar-refractivity contribution in [2.45, 2.75) is 44.8 Å². The first-order valence-corrected chi connectivity index (χ1v) is 4.40. The van der Waals surface area contributed by atoms with Crippen LogP contribution in [0, 0.1) is 0 Å². The lowest BCUT2D eigenvalue weighted by atomic mass is 10.2. The molecule has 1 saturated carbocycles. The first-order chi connectivity index (χ1) is 5.74. The normalized spacial score (nSPS) is 20.8. The van der Waals surface area contributed by atoms with Crippen LogP contribution in [0.1, 0.15) is 32.6 Å². The Morgan fingerprint density at radius 2 is 2.17 bits per heavy atom. The van der Waals surface area contributed by atoms with E-state index in [4.69, 9.17) is 5.90 Å². The van der Waals surface area contributed by atoms with Crippen molar-refractivity contribution in [3.05, 3.63) is 0 Å². The van der Waals surface area contributed by atoms with Crippen molar-refractivity contribution in [3.63, 3.8) is 0 Å². The monoisotopic (exact) mass is 172 g/mol. The molecule has 0 aromatic heterocycles. The molecule has 0 aliphatic heterocycles. The molecule has 0 saturated heterocycles. The summed E-state index contributed by atoms with van der Waals surface area (Å²) in [5, 5.41) is 2.89. The lowest BCUT2D eigenvalue weighted by Gasteiger charge is -2.14. The summed E-state index contributed by atoms with van der Waals surface area (Å²) in [6.45, 7) is 1.64. The van der Waals surface area contributed by atoms with Crippen LogP contribution in [-0.2, 0) is 9.63 Å². The SMILES string of the molecule is CC(ON)C(=O)NC1CCCC1. The smallest absolute Gasteiger partial charge is 0.251 e. The maximum atomic E-state index is 11.2. The molecule has 0 heterocycles. The molecule has 1 aliphatic rings. The highest BCUT2D eigenvalue weighted by atomic mass is 16.6. The van der Waals surface area contributed by atoms with Gasteiger partial charge >= 0.3 is 0 Å². The summed E-state index contributed by atoms with van der Waals surface area (Å²) in [5.74, 6) is 4.78. The highest BCUT2D eigenvalue weighted by Gasteiger charge is 2.20. The fourth-order valence-electron chi connectivity index (χ4n) is 1.45. The molecule has 1 amide bonds. The van der Waals surface area contributed by atoms with Crippen molar-refractivity contribution in [2.75, 3.05) is 0 Å². The fourth-order valence-corrected chi connectivity index (χ4v) is 1.45. The minimum Gasteiger partial charge on any atom is -0.351 e. The predicted molar refractivity (Wildman–Crippen MR) is 45.1 cm³/mol. The number of hydrogen-bond donors (Lipinski definition) is 2. The molecule has 70 valence electrons. The second-order valence-corrected chi connectivity index (χ2v) is 3.27. The number of rotatable bonds is 3. The van der Waals surface area contributed by atoms with E-state index in [1.54, 1.807) is 6.92 Å². The van der Waals surface area contributed by atoms with Crippen LogP contribution in [0.25, 0.3) is 0 Å². The minimum absolute atomic E-state index is 0.107. The third-order valence-electron chi connectivity index (χ3n) is 2.27. The van der Waals surface area contributed by atoms with Crippen molar-refractivity contribution in [2.24, 2.45) is 5.90 Å². The summed E-state index contributed by atoms with van der Waals surface area (Å²) in [5.41, 5.74) is 0. The van der Waals surface area contributed by atoms with Gasteiger partial charge in [-0.1, -0.05) is 12.8 Å². The Bertz CT molecular complexity index is 155. The van der Waals surface area contributed by atoms with Crippen LogP contribution in [0.2, 0.25) is 0 Å². The number of carbonyl (C=O) groups is 1. The Morgan fingerprint density at radius 3 is 2.67 bits per heavy atom. The van der Waals surface area contributed by atoms with Crippen LogP contribution in [0.15, 0.2) is 0 Å². The van der Waals surface area contributed by atoms with E-state index in [0.717, 1.165) is 12.8 Å². The van der Waals surface area contributed by atoms with Gasteiger partial charge in [0.15, 0.2) is 6.10 Å². The molecule has 0 bridgehead atoms. The Kier molecular flexibility index (Phi) is 3.49. The van der Waals surface area contributed by atoms with E-state index >= 15 is 0 Å². The van der Waals surface area contributed by atoms with Crippen LogP contribution >= 0.6 is 0 Å². The van der Waals surface area contributed by atoms with Gasteiger partial charge in [-0.15, -0.1) is 0 Å². The average molecular weight is 172 g/mol. The van der Waals surface area contributed by atoms with Gasteiger partial charge in [-0.25, -0.2) is 5.90 Å². The third kappa shape index (κ3) is 2.46. The Hall–Kier alpha value is -0.610. The molecule has 4 heteroatoms. The quantitative estimate of drug-likeness (QED) is 0.603. The van der Waals surface area contributed by atoms with Gasteiger partial charge in [0.25, 0.3) is 5.91 Å². The standard InChI is InChI=1S/C8H16N2O2/c1-6(12-9)8(11)10-7-4-2-3-5-7/h6-7H,2-5,9H2,1H3,(H,10,11). The van der Waals surface area contributed by atoms with E-state index in [-0.39, 0.29) is 5.91 Å². The van der Waals surface area contributed by atoms with E-state index in [9.17, 15) is 4.79 Å². The van der Waals surface area contributed by atoms with Crippen molar-refractivity contribution >= 4 is 5.91 Å². The number of carbonyl (C=O) groups excluding carboxylic acids is 1. The average Bonchev–Trinajstić information content (AvgIpc) is 2.55. The van der Waals surface area contributed by atoms with Gasteiger partial charge in [-0.2, -0.15) is 0 Å². The van der Waals surface area contributed by atoms with Gasteiger partial charge in [0.05, 0.1) is 0 Å². The summed E-state index contributed by atoms with van der Waals surface area (Å²) >= 11 is 0. The lowest BCUT2D eigenvalue weighted by Crippen LogP contribution is -2.40. The zero-order chi connectivity index (χ0) is 8.97. The van der Waals surface area contributed by atoms with Crippen LogP contribution < -0.4 is 11.2 Å². The van der Waals surface area contributed by atoms with Gasteiger partial charge in [-0.3, -0.25) is 9.63 Å². The highest BCUT2D eigenvalue weighted by molar-refractivity contribution is 5.80. The maximum Gasteiger partial charge on any atom is 0.251 e. The first-order valence-electron chi connectivity index (χ1n) is 4.40. The fraction of sp³-hybridized carbons (Fsp3) is 0.875. The number of nitrogens with one attached hydrogen (secondary N) is 1.